The van der Waals surface area contributed by atoms with Crippen molar-refractivity contribution >= 4 is 17.3 Å². The molecule has 1 unspecified atom stereocenters. The van der Waals surface area contributed by atoms with E-state index in [4.69, 9.17) is 17.3 Å². The number of hydrogen-bond acceptors (Lipinski definition) is 2. The molecular formula is C15H25ClN2. The number of nitrogens with two attached hydrogens (primary N) is 1. The van der Waals surface area contributed by atoms with Crippen LogP contribution in [-0.2, 0) is 6.42 Å². The highest BCUT2D eigenvalue weighted by molar-refractivity contribution is 6.31. The molecule has 18 heavy (non-hydrogen) atoms. The third kappa shape index (κ3) is 3.63. The molecular weight excluding hydrogens is 244 g/mol. The average molecular weight is 269 g/mol. The molecule has 1 rings (SSSR count). The van der Waals surface area contributed by atoms with Gasteiger partial charge in [-0.1, -0.05) is 24.6 Å². The molecule has 0 aromatic heterocycles. The van der Waals surface area contributed by atoms with Crippen molar-refractivity contribution in [1.82, 2.24) is 0 Å². The van der Waals surface area contributed by atoms with E-state index >= 15 is 0 Å². The fourth-order valence-corrected chi connectivity index (χ4v) is 2.10. The molecule has 0 fully saturated rings. The van der Waals surface area contributed by atoms with Crippen LogP contribution in [0.15, 0.2) is 18.2 Å². The van der Waals surface area contributed by atoms with Crippen LogP contribution in [0, 0.1) is 0 Å². The molecule has 0 spiro atoms. The minimum absolute atomic E-state index is 0.131. The first kappa shape index (κ1) is 15.3. The summed E-state index contributed by atoms with van der Waals surface area (Å²) >= 11 is 6.33. The zero-order valence-electron chi connectivity index (χ0n) is 12.1. The quantitative estimate of drug-likeness (QED) is 0.879. The second-order valence-corrected chi connectivity index (χ2v) is 6.09. The number of hydrogen-bond donors (Lipinski definition) is 1. The Hall–Kier alpha value is -0.730. The maximum Gasteiger partial charge on any atom is 0.0459 e. The molecule has 3 heteroatoms. The average Bonchev–Trinajstić information content (AvgIpc) is 2.30. The highest BCUT2D eigenvalue weighted by Crippen LogP contribution is 2.29. The van der Waals surface area contributed by atoms with Crippen LogP contribution < -0.4 is 10.6 Å². The molecule has 0 radical (unpaired) electrons. The van der Waals surface area contributed by atoms with Gasteiger partial charge in [0.1, 0.15) is 0 Å². The van der Waals surface area contributed by atoms with Gasteiger partial charge < -0.3 is 10.6 Å². The van der Waals surface area contributed by atoms with Gasteiger partial charge in [0.15, 0.2) is 0 Å². The molecule has 102 valence electrons. The summed E-state index contributed by atoms with van der Waals surface area (Å²) in [7, 11) is 2.11. The number of nitrogens with zero attached hydrogens (tertiary/aromatic N) is 1. The molecule has 2 N–H and O–H groups in total. The summed E-state index contributed by atoms with van der Waals surface area (Å²) in [6.07, 6.45) is 1.91. The molecule has 0 saturated heterocycles. The topological polar surface area (TPSA) is 29.3 Å². The molecule has 0 bridgehead atoms. The number of rotatable bonds is 5. The van der Waals surface area contributed by atoms with E-state index in [0.29, 0.717) is 0 Å². The van der Waals surface area contributed by atoms with Crippen molar-refractivity contribution < 1.29 is 0 Å². The van der Waals surface area contributed by atoms with Crippen molar-refractivity contribution in [3.05, 3.63) is 28.8 Å². The van der Waals surface area contributed by atoms with E-state index in [1.807, 2.05) is 13.0 Å². The smallest absolute Gasteiger partial charge is 0.0459 e. The standard InChI is InChI=1S/C15H25ClN2/c1-6-15(3,4)18(5)13-8-7-12(9-11(2)17)14(16)10-13/h7-8,10-11H,6,9,17H2,1-5H3. The summed E-state index contributed by atoms with van der Waals surface area (Å²) < 4.78 is 0. The van der Waals surface area contributed by atoms with Gasteiger partial charge >= 0.3 is 0 Å². The maximum absolute atomic E-state index is 6.33. The van der Waals surface area contributed by atoms with Crippen LogP contribution in [0.5, 0.6) is 0 Å². The molecule has 1 atom stereocenters. The van der Waals surface area contributed by atoms with E-state index in [9.17, 15) is 0 Å². The molecule has 0 aliphatic heterocycles. The molecule has 0 amide bonds. The summed E-state index contributed by atoms with van der Waals surface area (Å²) in [5, 5.41) is 0.809. The van der Waals surface area contributed by atoms with Crippen LogP contribution in [0.2, 0.25) is 5.02 Å². The Balaban J connectivity index is 2.97. The van der Waals surface area contributed by atoms with E-state index < -0.39 is 0 Å². The van der Waals surface area contributed by atoms with Gasteiger partial charge in [-0.3, -0.25) is 0 Å². The van der Waals surface area contributed by atoms with Gasteiger partial charge in [-0.05, 0) is 51.3 Å². The third-order valence-electron chi connectivity index (χ3n) is 3.74. The third-order valence-corrected chi connectivity index (χ3v) is 4.09. The van der Waals surface area contributed by atoms with Crippen molar-refractivity contribution in [3.63, 3.8) is 0 Å². The van der Waals surface area contributed by atoms with Crippen LogP contribution in [0.1, 0.15) is 39.7 Å². The Morgan fingerprint density at radius 3 is 2.44 bits per heavy atom. The van der Waals surface area contributed by atoms with E-state index in [1.165, 1.54) is 0 Å². The summed E-state index contributed by atoms with van der Waals surface area (Å²) in [4.78, 5) is 2.27. The largest absolute Gasteiger partial charge is 0.369 e. The van der Waals surface area contributed by atoms with Crippen molar-refractivity contribution in [2.24, 2.45) is 5.73 Å². The van der Waals surface area contributed by atoms with Gasteiger partial charge in [0, 0.05) is 29.3 Å². The normalized spacial score (nSPS) is 13.5. The fourth-order valence-electron chi connectivity index (χ4n) is 1.84. The Labute approximate surface area is 116 Å². The zero-order chi connectivity index (χ0) is 13.9. The molecule has 0 heterocycles. The van der Waals surface area contributed by atoms with Crippen LogP contribution in [0.3, 0.4) is 0 Å². The first-order valence-electron chi connectivity index (χ1n) is 6.55. The highest BCUT2D eigenvalue weighted by atomic mass is 35.5. The zero-order valence-corrected chi connectivity index (χ0v) is 12.9. The van der Waals surface area contributed by atoms with Crippen molar-refractivity contribution in [2.75, 3.05) is 11.9 Å². The maximum atomic E-state index is 6.33. The van der Waals surface area contributed by atoms with Crippen molar-refractivity contribution in [2.45, 2.75) is 52.1 Å². The van der Waals surface area contributed by atoms with E-state index in [0.717, 1.165) is 29.1 Å². The Bertz CT molecular complexity index is 399. The summed E-state index contributed by atoms with van der Waals surface area (Å²) in [6, 6.07) is 6.39. The molecule has 0 saturated carbocycles. The molecule has 1 aromatic carbocycles. The Morgan fingerprint density at radius 1 is 1.39 bits per heavy atom. The van der Waals surface area contributed by atoms with Crippen molar-refractivity contribution in [1.29, 1.82) is 0 Å². The van der Waals surface area contributed by atoms with Gasteiger partial charge in [0.05, 0.1) is 0 Å². The van der Waals surface area contributed by atoms with Gasteiger partial charge in [0.2, 0.25) is 0 Å². The van der Waals surface area contributed by atoms with E-state index in [1.54, 1.807) is 0 Å². The number of benzene rings is 1. The number of anilines is 1. The van der Waals surface area contributed by atoms with Gasteiger partial charge in [-0.25, -0.2) is 0 Å². The molecule has 0 aliphatic carbocycles. The van der Waals surface area contributed by atoms with E-state index in [-0.39, 0.29) is 11.6 Å². The minimum atomic E-state index is 0.131. The van der Waals surface area contributed by atoms with Crippen LogP contribution >= 0.6 is 11.6 Å². The molecule has 1 aromatic rings. The summed E-state index contributed by atoms with van der Waals surface area (Å²) in [5.41, 5.74) is 8.22. The Kier molecular flexibility index (Phi) is 5.06. The number of halogens is 1. The Morgan fingerprint density at radius 2 is 2.00 bits per heavy atom. The van der Waals surface area contributed by atoms with Gasteiger partial charge in [-0.2, -0.15) is 0 Å². The van der Waals surface area contributed by atoms with Gasteiger partial charge in [-0.15, -0.1) is 0 Å². The molecule has 0 aliphatic rings. The van der Waals surface area contributed by atoms with Crippen LogP contribution in [0.25, 0.3) is 0 Å². The highest BCUT2D eigenvalue weighted by Gasteiger charge is 2.21. The van der Waals surface area contributed by atoms with Gasteiger partial charge in [0.25, 0.3) is 0 Å². The lowest BCUT2D eigenvalue weighted by Crippen LogP contribution is -2.40. The second kappa shape index (κ2) is 5.94. The first-order chi connectivity index (χ1) is 8.27. The SMILES string of the molecule is CCC(C)(C)N(C)c1ccc(CC(C)N)c(Cl)c1. The van der Waals surface area contributed by atoms with Crippen molar-refractivity contribution in [3.8, 4) is 0 Å². The summed E-state index contributed by atoms with van der Waals surface area (Å²) in [5.74, 6) is 0. The lowest BCUT2D eigenvalue weighted by Gasteiger charge is -2.37. The van der Waals surface area contributed by atoms with Crippen LogP contribution in [0.4, 0.5) is 5.69 Å². The lowest BCUT2D eigenvalue weighted by molar-refractivity contribution is 0.471. The summed E-state index contributed by atoms with van der Waals surface area (Å²) in [6.45, 7) is 8.66. The lowest BCUT2D eigenvalue weighted by atomic mass is 9.98. The monoisotopic (exact) mass is 268 g/mol. The molecule has 2 nitrogen and oxygen atoms in total. The predicted octanol–water partition coefficient (Wildman–Crippen LogP) is 3.85. The van der Waals surface area contributed by atoms with E-state index in [2.05, 4.69) is 44.9 Å². The van der Waals surface area contributed by atoms with Crippen LogP contribution in [-0.4, -0.2) is 18.6 Å². The minimum Gasteiger partial charge on any atom is -0.369 e. The second-order valence-electron chi connectivity index (χ2n) is 5.68. The predicted molar refractivity (Wildman–Crippen MR) is 81.6 cm³/mol. The first-order valence-corrected chi connectivity index (χ1v) is 6.93. The fraction of sp³-hybridized carbons (Fsp3) is 0.600.